The van der Waals surface area contributed by atoms with Crippen LogP contribution in [0.1, 0.15) is 35.6 Å². The Hall–Kier alpha value is -1.35. The highest BCUT2D eigenvalue weighted by atomic mass is 35.5. The maximum atomic E-state index is 6.36. The summed E-state index contributed by atoms with van der Waals surface area (Å²) in [4.78, 5) is 0. The molecular formula is C19H22ClNO. The summed E-state index contributed by atoms with van der Waals surface area (Å²) >= 11 is 6.30. The zero-order valence-electron chi connectivity index (χ0n) is 12.9. The predicted molar refractivity (Wildman–Crippen MR) is 91.4 cm³/mol. The molecule has 0 spiro atoms. The van der Waals surface area contributed by atoms with Gasteiger partial charge in [0.1, 0.15) is 5.60 Å². The SMILES string of the molecule is CCOC1(CCN)c2ccccc2CCc2ccc(Cl)cc21. The molecule has 0 radical (unpaired) electrons. The van der Waals surface area contributed by atoms with E-state index in [-0.39, 0.29) is 0 Å². The maximum absolute atomic E-state index is 6.36. The van der Waals surface area contributed by atoms with Crippen LogP contribution in [0.15, 0.2) is 42.5 Å². The van der Waals surface area contributed by atoms with Crippen molar-refractivity contribution in [3.63, 3.8) is 0 Å². The van der Waals surface area contributed by atoms with Gasteiger partial charge in [-0.15, -0.1) is 0 Å². The van der Waals surface area contributed by atoms with Gasteiger partial charge in [0.2, 0.25) is 0 Å². The van der Waals surface area contributed by atoms with Crippen molar-refractivity contribution >= 4 is 11.6 Å². The first-order valence-electron chi connectivity index (χ1n) is 7.92. The van der Waals surface area contributed by atoms with Gasteiger partial charge in [0, 0.05) is 11.6 Å². The van der Waals surface area contributed by atoms with Gasteiger partial charge in [0.05, 0.1) is 0 Å². The smallest absolute Gasteiger partial charge is 0.120 e. The molecule has 0 saturated carbocycles. The fourth-order valence-corrected chi connectivity index (χ4v) is 3.81. The monoisotopic (exact) mass is 315 g/mol. The highest BCUT2D eigenvalue weighted by Gasteiger charge is 2.39. The first kappa shape index (κ1) is 15.5. The van der Waals surface area contributed by atoms with E-state index in [0.717, 1.165) is 24.3 Å². The number of nitrogens with two attached hydrogens (primary N) is 1. The van der Waals surface area contributed by atoms with E-state index < -0.39 is 5.60 Å². The lowest BCUT2D eigenvalue weighted by atomic mass is 9.80. The zero-order chi connectivity index (χ0) is 15.6. The van der Waals surface area contributed by atoms with Crippen molar-refractivity contribution in [2.45, 2.75) is 31.8 Å². The van der Waals surface area contributed by atoms with Crippen molar-refractivity contribution in [3.8, 4) is 0 Å². The Kier molecular flexibility index (Phi) is 4.53. The molecule has 1 aliphatic rings. The van der Waals surface area contributed by atoms with Gasteiger partial charge < -0.3 is 10.5 Å². The van der Waals surface area contributed by atoms with E-state index in [1.807, 2.05) is 13.0 Å². The van der Waals surface area contributed by atoms with Crippen molar-refractivity contribution in [1.82, 2.24) is 0 Å². The van der Waals surface area contributed by atoms with Crippen LogP contribution in [-0.4, -0.2) is 13.2 Å². The average Bonchev–Trinajstić information content (AvgIpc) is 2.65. The summed E-state index contributed by atoms with van der Waals surface area (Å²) in [6.45, 7) is 3.25. The molecule has 0 saturated heterocycles. The summed E-state index contributed by atoms with van der Waals surface area (Å²) in [7, 11) is 0. The Morgan fingerprint density at radius 1 is 1.09 bits per heavy atom. The van der Waals surface area contributed by atoms with Crippen molar-refractivity contribution in [1.29, 1.82) is 0 Å². The van der Waals surface area contributed by atoms with Crippen LogP contribution in [0.5, 0.6) is 0 Å². The molecule has 2 aromatic rings. The summed E-state index contributed by atoms with van der Waals surface area (Å²) in [5, 5.41) is 0.749. The molecule has 0 aromatic heterocycles. The van der Waals surface area contributed by atoms with E-state index in [9.17, 15) is 0 Å². The number of fused-ring (bicyclic) bond motifs is 2. The van der Waals surface area contributed by atoms with Crippen LogP contribution in [0.4, 0.5) is 0 Å². The van der Waals surface area contributed by atoms with Gasteiger partial charge in [-0.25, -0.2) is 0 Å². The molecule has 0 heterocycles. The number of hydrogen-bond donors (Lipinski definition) is 1. The minimum Gasteiger partial charge on any atom is -0.366 e. The Morgan fingerprint density at radius 2 is 1.82 bits per heavy atom. The standard InChI is InChI=1S/C19H22ClNO/c1-2-22-19(11-12-21)17-6-4-3-5-14(17)7-8-15-9-10-16(20)13-18(15)19/h3-6,9-10,13H,2,7-8,11-12,21H2,1H3. The molecule has 2 N–H and O–H groups in total. The topological polar surface area (TPSA) is 35.2 Å². The van der Waals surface area contributed by atoms with Gasteiger partial charge in [0.25, 0.3) is 0 Å². The van der Waals surface area contributed by atoms with E-state index >= 15 is 0 Å². The van der Waals surface area contributed by atoms with Gasteiger partial charge in [-0.2, -0.15) is 0 Å². The predicted octanol–water partition coefficient (Wildman–Crippen LogP) is 4.07. The molecule has 0 amide bonds. The van der Waals surface area contributed by atoms with Crippen molar-refractivity contribution in [3.05, 3.63) is 69.7 Å². The third-order valence-corrected chi connectivity index (χ3v) is 4.75. The third kappa shape index (κ3) is 2.56. The normalized spacial score (nSPS) is 20.1. The van der Waals surface area contributed by atoms with Crippen molar-refractivity contribution in [2.75, 3.05) is 13.2 Å². The first-order chi connectivity index (χ1) is 10.7. The first-order valence-corrected chi connectivity index (χ1v) is 8.30. The van der Waals surface area contributed by atoms with Crippen molar-refractivity contribution < 1.29 is 4.74 Å². The molecule has 1 aliphatic carbocycles. The molecule has 2 aromatic carbocycles. The second-order valence-electron chi connectivity index (χ2n) is 5.76. The summed E-state index contributed by atoms with van der Waals surface area (Å²) in [5.41, 5.74) is 10.5. The minimum atomic E-state index is -0.489. The number of ether oxygens (including phenoxy) is 1. The lowest BCUT2D eigenvalue weighted by molar-refractivity contribution is -0.0162. The number of halogens is 1. The highest BCUT2D eigenvalue weighted by Crippen LogP contribution is 2.43. The van der Waals surface area contributed by atoms with Crippen LogP contribution in [0.2, 0.25) is 5.02 Å². The summed E-state index contributed by atoms with van der Waals surface area (Å²) in [6, 6.07) is 14.7. The molecule has 22 heavy (non-hydrogen) atoms. The van der Waals surface area contributed by atoms with E-state index in [4.69, 9.17) is 22.1 Å². The quantitative estimate of drug-likeness (QED) is 0.923. The molecule has 3 heteroatoms. The Balaban J connectivity index is 2.30. The van der Waals surface area contributed by atoms with Crippen LogP contribution in [0, 0.1) is 0 Å². The molecular weight excluding hydrogens is 294 g/mol. The molecule has 0 bridgehead atoms. The largest absolute Gasteiger partial charge is 0.366 e. The molecule has 116 valence electrons. The summed E-state index contributed by atoms with van der Waals surface area (Å²) < 4.78 is 6.36. The van der Waals surface area contributed by atoms with Gasteiger partial charge in [0.15, 0.2) is 0 Å². The number of hydrogen-bond acceptors (Lipinski definition) is 2. The average molecular weight is 316 g/mol. The molecule has 1 atom stereocenters. The second-order valence-corrected chi connectivity index (χ2v) is 6.19. The van der Waals surface area contributed by atoms with Crippen LogP contribution >= 0.6 is 11.6 Å². The maximum Gasteiger partial charge on any atom is 0.120 e. The van der Waals surface area contributed by atoms with Crippen LogP contribution in [0.3, 0.4) is 0 Å². The Labute approximate surface area is 137 Å². The van der Waals surface area contributed by atoms with Crippen LogP contribution in [-0.2, 0) is 23.2 Å². The summed E-state index contributed by atoms with van der Waals surface area (Å²) in [5.74, 6) is 0. The fraction of sp³-hybridized carbons (Fsp3) is 0.368. The molecule has 0 aliphatic heterocycles. The molecule has 3 rings (SSSR count). The van der Waals surface area contributed by atoms with Crippen LogP contribution in [0.25, 0.3) is 0 Å². The number of benzene rings is 2. The van der Waals surface area contributed by atoms with Gasteiger partial charge in [-0.1, -0.05) is 41.9 Å². The molecule has 0 fully saturated rings. The van der Waals surface area contributed by atoms with Gasteiger partial charge >= 0.3 is 0 Å². The number of aryl methyl sites for hydroxylation is 2. The lowest BCUT2D eigenvalue weighted by Gasteiger charge is -2.36. The Bertz CT molecular complexity index is 662. The van der Waals surface area contributed by atoms with E-state index in [1.165, 1.54) is 22.3 Å². The number of rotatable bonds is 4. The van der Waals surface area contributed by atoms with E-state index in [0.29, 0.717) is 13.2 Å². The Morgan fingerprint density at radius 3 is 2.55 bits per heavy atom. The fourth-order valence-electron chi connectivity index (χ4n) is 3.64. The van der Waals surface area contributed by atoms with Crippen LogP contribution < -0.4 is 5.73 Å². The van der Waals surface area contributed by atoms with Gasteiger partial charge in [-0.3, -0.25) is 0 Å². The lowest BCUT2D eigenvalue weighted by Crippen LogP contribution is -2.35. The van der Waals surface area contributed by atoms with Gasteiger partial charge in [-0.05, 0) is 67.1 Å². The molecule has 2 nitrogen and oxygen atoms in total. The van der Waals surface area contributed by atoms with E-state index in [1.54, 1.807) is 0 Å². The minimum absolute atomic E-state index is 0.489. The second kappa shape index (κ2) is 6.41. The zero-order valence-corrected chi connectivity index (χ0v) is 13.7. The summed E-state index contributed by atoms with van der Waals surface area (Å²) in [6.07, 6.45) is 2.78. The third-order valence-electron chi connectivity index (χ3n) is 4.51. The van der Waals surface area contributed by atoms with Crippen molar-refractivity contribution in [2.24, 2.45) is 5.73 Å². The highest BCUT2D eigenvalue weighted by molar-refractivity contribution is 6.30. The van der Waals surface area contributed by atoms with E-state index in [2.05, 4.69) is 36.4 Å². The molecule has 1 unspecified atom stereocenters.